The van der Waals surface area contributed by atoms with Gasteiger partial charge in [0, 0.05) is 35.0 Å². The monoisotopic (exact) mass is 427 g/mol. The molecule has 2 aliphatic heterocycles. The molecule has 0 aliphatic carbocycles. The predicted molar refractivity (Wildman–Crippen MR) is 112 cm³/mol. The molecule has 148 valence electrons. The average Bonchev–Trinajstić information content (AvgIpc) is 3.47. The quantitative estimate of drug-likeness (QED) is 0.683. The maximum atomic E-state index is 12.7. The molecule has 0 bridgehead atoms. The lowest BCUT2D eigenvalue weighted by Gasteiger charge is -2.17. The van der Waals surface area contributed by atoms with E-state index in [-0.39, 0.29) is 25.0 Å². The van der Waals surface area contributed by atoms with Crippen LogP contribution >= 0.6 is 22.7 Å². The van der Waals surface area contributed by atoms with Gasteiger partial charge < -0.3 is 19.7 Å². The molecule has 3 aromatic rings. The van der Waals surface area contributed by atoms with Crippen molar-refractivity contribution < 1.29 is 19.1 Å². The number of aryl methyl sites for hydroxylation is 1. The summed E-state index contributed by atoms with van der Waals surface area (Å²) in [4.78, 5) is 33.6. The third-order valence-corrected chi connectivity index (χ3v) is 6.67. The molecule has 2 amide bonds. The Morgan fingerprint density at radius 3 is 2.93 bits per heavy atom. The summed E-state index contributed by atoms with van der Waals surface area (Å²) in [5, 5.41) is 5.34. The number of anilines is 2. The topological polar surface area (TPSA) is 80.8 Å². The van der Waals surface area contributed by atoms with Crippen molar-refractivity contribution in [1.82, 2.24) is 4.98 Å². The number of nitrogens with zero attached hydrogens (tertiary/aromatic N) is 2. The number of aromatic nitrogens is 1. The maximum Gasteiger partial charge on any atom is 0.231 e. The Morgan fingerprint density at radius 1 is 1.24 bits per heavy atom. The highest BCUT2D eigenvalue weighted by Crippen LogP contribution is 2.37. The number of fused-ring (bicyclic) bond motifs is 1. The highest BCUT2D eigenvalue weighted by molar-refractivity contribution is 7.17. The lowest BCUT2D eigenvalue weighted by atomic mass is 10.1. The van der Waals surface area contributed by atoms with Crippen molar-refractivity contribution in [3.8, 4) is 22.1 Å². The number of benzene rings is 1. The van der Waals surface area contributed by atoms with Gasteiger partial charge in [0.15, 0.2) is 16.6 Å². The van der Waals surface area contributed by atoms with E-state index in [2.05, 4.69) is 10.3 Å². The zero-order valence-electron chi connectivity index (χ0n) is 15.5. The largest absolute Gasteiger partial charge is 0.454 e. The maximum absolute atomic E-state index is 12.7. The van der Waals surface area contributed by atoms with Crippen molar-refractivity contribution in [2.75, 3.05) is 23.6 Å². The summed E-state index contributed by atoms with van der Waals surface area (Å²) in [5.41, 5.74) is 1.56. The third-order valence-electron chi connectivity index (χ3n) is 4.89. The van der Waals surface area contributed by atoms with E-state index in [1.807, 2.05) is 30.5 Å². The molecule has 0 spiro atoms. The lowest BCUT2D eigenvalue weighted by molar-refractivity contribution is -0.122. The van der Waals surface area contributed by atoms with Crippen LogP contribution in [0.1, 0.15) is 11.3 Å². The van der Waals surface area contributed by atoms with Crippen LogP contribution in [0.5, 0.6) is 11.5 Å². The standard InChI is InChI=1S/C20H17N3O4S2/c1-11-2-5-17(29-11)14-9-28-20(21-14)22-19(25)12-6-18(24)23(8-12)13-3-4-15-16(7-13)27-10-26-15/h2-5,7,9,12H,6,8,10H2,1H3,(H,21,22,25). The molecule has 5 rings (SSSR count). The molecule has 2 aromatic heterocycles. The van der Waals surface area contributed by atoms with Gasteiger partial charge in [-0.25, -0.2) is 4.98 Å². The molecular formula is C20H17N3O4S2. The van der Waals surface area contributed by atoms with Gasteiger partial charge in [0.25, 0.3) is 0 Å². The number of thiazole rings is 1. The van der Waals surface area contributed by atoms with E-state index in [0.717, 1.165) is 10.6 Å². The molecular weight excluding hydrogens is 410 g/mol. The number of amides is 2. The summed E-state index contributed by atoms with van der Waals surface area (Å²) in [6, 6.07) is 9.44. The molecule has 1 aromatic carbocycles. The first-order valence-electron chi connectivity index (χ1n) is 9.10. The van der Waals surface area contributed by atoms with E-state index in [4.69, 9.17) is 9.47 Å². The summed E-state index contributed by atoms with van der Waals surface area (Å²) in [6.45, 7) is 2.55. The van der Waals surface area contributed by atoms with Gasteiger partial charge in [-0.3, -0.25) is 9.59 Å². The van der Waals surface area contributed by atoms with E-state index >= 15 is 0 Å². The van der Waals surface area contributed by atoms with Gasteiger partial charge in [-0.15, -0.1) is 22.7 Å². The van der Waals surface area contributed by atoms with E-state index < -0.39 is 5.92 Å². The lowest BCUT2D eigenvalue weighted by Crippen LogP contribution is -2.28. The highest BCUT2D eigenvalue weighted by atomic mass is 32.1. The highest BCUT2D eigenvalue weighted by Gasteiger charge is 2.36. The number of nitrogens with one attached hydrogen (secondary N) is 1. The van der Waals surface area contributed by atoms with Crippen LogP contribution in [0.4, 0.5) is 10.8 Å². The van der Waals surface area contributed by atoms with Crippen LogP contribution < -0.4 is 19.7 Å². The molecule has 29 heavy (non-hydrogen) atoms. The van der Waals surface area contributed by atoms with Crippen molar-refractivity contribution in [3.63, 3.8) is 0 Å². The first-order chi connectivity index (χ1) is 14.1. The van der Waals surface area contributed by atoms with Crippen LogP contribution in [0.3, 0.4) is 0 Å². The van der Waals surface area contributed by atoms with Crippen LogP contribution in [-0.2, 0) is 9.59 Å². The second kappa shape index (κ2) is 7.16. The molecule has 4 heterocycles. The van der Waals surface area contributed by atoms with Gasteiger partial charge in [0.2, 0.25) is 18.6 Å². The Hall–Kier alpha value is -2.91. The molecule has 1 N–H and O–H groups in total. The number of ether oxygens (including phenoxy) is 2. The Morgan fingerprint density at radius 2 is 2.10 bits per heavy atom. The van der Waals surface area contributed by atoms with Gasteiger partial charge >= 0.3 is 0 Å². The molecule has 1 saturated heterocycles. The first kappa shape index (κ1) is 18.1. The Balaban J connectivity index is 1.27. The fourth-order valence-electron chi connectivity index (χ4n) is 3.41. The van der Waals surface area contributed by atoms with Gasteiger partial charge in [0.05, 0.1) is 16.5 Å². The van der Waals surface area contributed by atoms with Gasteiger partial charge in [-0.2, -0.15) is 0 Å². The second-order valence-corrected chi connectivity index (χ2v) is 9.03. The molecule has 1 atom stereocenters. The molecule has 9 heteroatoms. The predicted octanol–water partition coefficient (Wildman–Crippen LogP) is 3.90. The van der Waals surface area contributed by atoms with Crippen molar-refractivity contribution in [2.45, 2.75) is 13.3 Å². The van der Waals surface area contributed by atoms with Gasteiger partial charge in [0.1, 0.15) is 0 Å². The fourth-order valence-corrected chi connectivity index (χ4v) is 5.03. The summed E-state index contributed by atoms with van der Waals surface area (Å²) in [7, 11) is 0. The zero-order chi connectivity index (χ0) is 20.0. The molecule has 7 nitrogen and oxygen atoms in total. The minimum Gasteiger partial charge on any atom is -0.454 e. The number of hydrogen-bond acceptors (Lipinski definition) is 7. The summed E-state index contributed by atoms with van der Waals surface area (Å²) in [6.07, 6.45) is 0.169. The average molecular weight is 428 g/mol. The Bertz CT molecular complexity index is 1110. The van der Waals surface area contributed by atoms with Gasteiger partial charge in [-0.05, 0) is 31.2 Å². The SMILES string of the molecule is Cc1ccc(-c2csc(NC(=O)C3CC(=O)N(c4ccc5c(c4)OCO5)C3)n2)s1. The number of carbonyl (C=O) groups excluding carboxylic acids is 2. The number of rotatable bonds is 4. The van der Waals surface area contributed by atoms with Crippen molar-refractivity contribution >= 4 is 45.3 Å². The van der Waals surface area contributed by atoms with Crippen molar-refractivity contribution in [3.05, 3.63) is 40.6 Å². The minimum atomic E-state index is -0.427. The Kier molecular flexibility index (Phi) is 4.48. The smallest absolute Gasteiger partial charge is 0.231 e. The normalized spacial score (nSPS) is 17.8. The summed E-state index contributed by atoms with van der Waals surface area (Å²) >= 11 is 3.05. The number of carbonyl (C=O) groups is 2. The van der Waals surface area contributed by atoms with Crippen LogP contribution in [0.25, 0.3) is 10.6 Å². The van der Waals surface area contributed by atoms with Crippen molar-refractivity contribution in [1.29, 1.82) is 0 Å². The third kappa shape index (κ3) is 3.47. The van der Waals surface area contributed by atoms with Crippen LogP contribution in [-0.4, -0.2) is 30.1 Å². The summed E-state index contributed by atoms with van der Waals surface area (Å²) < 4.78 is 10.7. The summed E-state index contributed by atoms with van der Waals surface area (Å²) in [5.74, 6) is 0.574. The van der Waals surface area contributed by atoms with E-state index in [9.17, 15) is 9.59 Å². The molecule has 0 radical (unpaired) electrons. The number of thiophene rings is 1. The fraction of sp³-hybridized carbons (Fsp3) is 0.250. The van der Waals surface area contributed by atoms with Gasteiger partial charge in [-0.1, -0.05) is 0 Å². The molecule has 0 saturated carbocycles. The molecule has 1 unspecified atom stereocenters. The molecule has 1 fully saturated rings. The van der Waals surface area contributed by atoms with Crippen LogP contribution in [0, 0.1) is 12.8 Å². The Labute approximate surface area is 174 Å². The van der Waals surface area contributed by atoms with E-state index in [1.54, 1.807) is 28.4 Å². The van der Waals surface area contributed by atoms with E-state index in [1.165, 1.54) is 16.2 Å². The van der Waals surface area contributed by atoms with E-state index in [0.29, 0.717) is 28.9 Å². The van der Waals surface area contributed by atoms with Crippen LogP contribution in [0.15, 0.2) is 35.7 Å². The van der Waals surface area contributed by atoms with Crippen molar-refractivity contribution in [2.24, 2.45) is 5.92 Å². The minimum absolute atomic E-state index is 0.0853. The number of hydrogen-bond donors (Lipinski definition) is 1. The molecule has 2 aliphatic rings. The zero-order valence-corrected chi connectivity index (χ0v) is 17.1. The first-order valence-corrected chi connectivity index (χ1v) is 10.8. The second-order valence-electron chi connectivity index (χ2n) is 6.88. The van der Waals surface area contributed by atoms with Crippen LogP contribution in [0.2, 0.25) is 0 Å².